The molecule has 0 radical (unpaired) electrons. The quantitative estimate of drug-likeness (QED) is 0.851. The molecule has 0 saturated carbocycles. The Morgan fingerprint density at radius 2 is 1.76 bits per heavy atom. The summed E-state index contributed by atoms with van der Waals surface area (Å²) < 4.78 is 2.98. The van der Waals surface area contributed by atoms with Crippen LogP contribution in [0.5, 0.6) is 0 Å². The summed E-state index contributed by atoms with van der Waals surface area (Å²) in [6.07, 6.45) is 1.67. The van der Waals surface area contributed by atoms with Crippen molar-refractivity contribution in [1.82, 2.24) is 24.5 Å². The number of fused-ring (bicyclic) bond motifs is 1. The van der Waals surface area contributed by atoms with Crippen LogP contribution in [0, 0.1) is 6.92 Å². The van der Waals surface area contributed by atoms with Gasteiger partial charge in [-0.05, 0) is 55.4 Å². The largest absolute Gasteiger partial charge is 0.336 e. The standard InChI is InChI=1S/C18H29N5O2/c1-11(2)22(12(3)4)15(24)10-21-17(25)16-14(13(5)20-21)9-19-23(16)18(6,7)8/h9,11-12H,10H2,1-8H3. The zero-order valence-corrected chi connectivity index (χ0v) is 16.5. The van der Waals surface area contributed by atoms with Gasteiger partial charge in [-0.2, -0.15) is 10.2 Å². The maximum Gasteiger partial charge on any atom is 0.293 e. The maximum absolute atomic E-state index is 13.0. The van der Waals surface area contributed by atoms with Gasteiger partial charge in [0, 0.05) is 17.5 Å². The normalized spacial score (nSPS) is 12.4. The van der Waals surface area contributed by atoms with Gasteiger partial charge < -0.3 is 4.90 Å². The molecule has 0 aromatic carbocycles. The van der Waals surface area contributed by atoms with E-state index >= 15 is 0 Å². The number of rotatable bonds is 4. The lowest BCUT2D eigenvalue weighted by atomic mass is 10.1. The highest BCUT2D eigenvalue weighted by Crippen LogP contribution is 2.20. The molecule has 0 spiro atoms. The van der Waals surface area contributed by atoms with Crippen molar-refractivity contribution in [2.24, 2.45) is 0 Å². The average molecular weight is 347 g/mol. The monoisotopic (exact) mass is 347 g/mol. The van der Waals surface area contributed by atoms with Crippen LogP contribution < -0.4 is 5.56 Å². The molecule has 25 heavy (non-hydrogen) atoms. The zero-order chi connectivity index (χ0) is 19.1. The van der Waals surface area contributed by atoms with E-state index < -0.39 is 0 Å². The molecule has 7 nitrogen and oxygen atoms in total. The van der Waals surface area contributed by atoms with Crippen LogP contribution in [-0.4, -0.2) is 42.5 Å². The molecule has 2 aromatic heterocycles. The van der Waals surface area contributed by atoms with E-state index in [1.54, 1.807) is 15.8 Å². The summed E-state index contributed by atoms with van der Waals surface area (Å²) in [6, 6.07) is 0.126. The fraction of sp³-hybridized carbons (Fsp3) is 0.667. The second-order valence-electron chi connectivity index (χ2n) is 8.03. The van der Waals surface area contributed by atoms with Crippen LogP contribution in [-0.2, 0) is 16.9 Å². The van der Waals surface area contributed by atoms with Crippen molar-refractivity contribution in [3.8, 4) is 0 Å². The van der Waals surface area contributed by atoms with Gasteiger partial charge >= 0.3 is 0 Å². The molecular formula is C18H29N5O2. The lowest BCUT2D eigenvalue weighted by molar-refractivity contribution is -0.135. The van der Waals surface area contributed by atoms with E-state index in [2.05, 4.69) is 10.2 Å². The van der Waals surface area contributed by atoms with Crippen LogP contribution in [0.3, 0.4) is 0 Å². The predicted octanol–water partition coefficient (Wildman–Crippen LogP) is 2.30. The third kappa shape index (κ3) is 3.60. The summed E-state index contributed by atoms with van der Waals surface area (Å²) >= 11 is 0. The summed E-state index contributed by atoms with van der Waals surface area (Å²) in [4.78, 5) is 27.5. The van der Waals surface area contributed by atoms with Crippen molar-refractivity contribution < 1.29 is 4.79 Å². The molecule has 2 aromatic rings. The molecule has 0 saturated heterocycles. The van der Waals surface area contributed by atoms with Crippen LogP contribution >= 0.6 is 0 Å². The van der Waals surface area contributed by atoms with Crippen LogP contribution in [0.25, 0.3) is 10.9 Å². The number of amides is 1. The van der Waals surface area contributed by atoms with Crippen molar-refractivity contribution in [2.45, 2.75) is 79.6 Å². The summed E-state index contributed by atoms with van der Waals surface area (Å²) in [6.45, 7) is 15.6. The molecule has 0 fully saturated rings. The van der Waals surface area contributed by atoms with Gasteiger partial charge in [-0.1, -0.05) is 0 Å². The molecule has 0 aliphatic rings. The number of aryl methyl sites for hydroxylation is 1. The Morgan fingerprint density at radius 3 is 2.24 bits per heavy atom. The Kier molecular flexibility index (Phi) is 5.06. The van der Waals surface area contributed by atoms with Gasteiger partial charge in [-0.15, -0.1) is 0 Å². The van der Waals surface area contributed by atoms with Crippen LogP contribution in [0.1, 0.15) is 54.2 Å². The number of carbonyl (C=O) groups excluding carboxylic acids is 1. The van der Waals surface area contributed by atoms with Gasteiger partial charge in [0.25, 0.3) is 5.56 Å². The molecule has 0 unspecified atom stereocenters. The van der Waals surface area contributed by atoms with Gasteiger partial charge in [-0.3, -0.25) is 14.3 Å². The van der Waals surface area contributed by atoms with E-state index in [0.29, 0.717) is 11.2 Å². The maximum atomic E-state index is 13.0. The second-order valence-corrected chi connectivity index (χ2v) is 8.03. The van der Waals surface area contributed by atoms with Gasteiger partial charge in [-0.25, -0.2) is 4.68 Å². The first-order valence-electron chi connectivity index (χ1n) is 8.72. The molecular weight excluding hydrogens is 318 g/mol. The minimum atomic E-state index is -0.335. The first-order valence-corrected chi connectivity index (χ1v) is 8.72. The van der Waals surface area contributed by atoms with Crippen LogP contribution in [0.15, 0.2) is 11.0 Å². The average Bonchev–Trinajstić information content (AvgIpc) is 2.89. The van der Waals surface area contributed by atoms with Gasteiger partial charge in [0.1, 0.15) is 12.1 Å². The fourth-order valence-electron chi connectivity index (χ4n) is 3.22. The van der Waals surface area contributed by atoms with Crippen molar-refractivity contribution in [3.63, 3.8) is 0 Å². The molecule has 0 aliphatic carbocycles. The van der Waals surface area contributed by atoms with Crippen LogP contribution in [0.4, 0.5) is 0 Å². The first-order chi connectivity index (χ1) is 11.4. The first kappa shape index (κ1) is 19.1. The highest BCUT2D eigenvalue weighted by atomic mass is 16.2. The smallest absolute Gasteiger partial charge is 0.293 e. The van der Waals surface area contributed by atoms with Crippen molar-refractivity contribution in [3.05, 3.63) is 22.2 Å². The summed E-state index contributed by atoms with van der Waals surface area (Å²) in [5.74, 6) is -0.111. The minimum absolute atomic E-state index is 0.0631. The number of nitrogens with zero attached hydrogens (tertiary/aromatic N) is 5. The predicted molar refractivity (Wildman–Crippen MR) is 98.6 cm³/mol. The molecule has 138 valence electrons. The van der Waals surface area contributed by atoms with E-state index in [1.165, 1.54) is 4.68 Å². The van der Waals surface area contributed by atoms with E-state index in [4.69, 9.17) is 0 Å². The van der Waals surface area contributed by atoms with Gasteiger partial charge in [0.15, 0.2) is 0 Å². The molecule has 0 atom stereocenters. The Bertz CT molecular complexity index is 831. The van der Waals surface area contributed by atoms with Crippen molar-refractivity contribution >= 4 is 16.8 Å². The third-order valence-electron chi connectivity index (χ3n) is 4.19. The lowest BCUT2D eigenvalue weighted by Crippen LogP contribution is -2.45. The summed E-state index contributed by atoms with van der Waals surface area (Å²) in [7, 11) is 0. The molecule has 1 amide bonds. The van der Waals surface area contributed by atoms with Crippen molar-refractivity contribution in [2.75, 3.05) is 0 Å². The lowest BCUT2D eigenvalue weighted by Gasteiger charge is -2.30. The number of hydrogen-bond acceptors (Lipinski definition) is 4. The van der Waals surface area contributed by atoms with E-state index in [1.807, 2.05) is 55.4 Å². The SMILES string of the molecule is Cc1nn(CC(=O)N(C(C)C)C(C)C)c(=O)c2c1cnn2C(C)(C)C. The highest BCUT2D eigenvalue weighted by molar-refractivity contribution is 5.81. The minimum Gasteiger partial charge on any atom is -0.336 e. The molecule has 0 bridgehead atoms. The topological polar surface area (TPSA) is 73.0 Å². The van der Waals surface area contributed by atoms with E-state index in [9.17, 15) is 9.59 Å². The van der Waals surface area contributed by atoms with Crippen LogP contribution in [0.2, 0.25) is 0 Å². The fourth-order valence-corrected chi connectivity index (χ4v) is 3.22. The Labute approximate surface area is 148 Å². The number of hydrogen-bond donors (Lipinski definition) is 0. The molecule has 0 aliphatic heterocycles. The summed E-state index contributed by atoms with van der Waals surface area (Å²) in [5, 5.41) is 9.44. The van der Waals surface area contributed by atoms with E-state index in [0.717, 1.165) is 5.39 Å². The number of carbonyl (C=O) groups is 1. The Balaban J connectivity index is 2.55. The Morgan fingerprint density at radius 1 is 1.20 bits per heavy atom. The second kappa shape index (κ2) is 6.61. The molecule has 2 heterocycles. The molecule has 0 N–H and O–H groups in total. The molecule has 2 rings (SSSR count). The summed E-state index contributed by atoms with van der Waals surface area (Å²) in [5.41, 5.74) is 0.569. The molecule has 7 heteroatoms. The van der Waals surface area contributed by atoms with Crippen molar-refractivity contribution in [1.29, 1.82) is 0 Å². The number of aromatic nitrogens is 4. The third-order valence-corrected chi connectivity index (χ3v) is 4.19. The zero-order valence-electron chi connectivity index (χ0n) is 16.5. The highest BCUT2D eigenvalue weighted by Gasteiger charge is 2.24. The van der Waals surface area contributed by atoms with Gasteiger partial charge in [0.2, 0.25) is 5.91 Å². The van der Waals surface area contributed by atoms with Gasteiger partial charge in [0.05, 0.1) is 17.4 Å². The van der Waals surface area contributed by atoms with E-state index in [-0.39, 0.29) is 35.6 Å². The Hall–Kier alpha value is -2.18.